The second-order valence-electron chi connectivity index (χ2n) is 14.1. The van der Waals surface area contributed by atoms with Crippen LogP contribution in [0.3, 0.4) is 0 Å². The Labute approximate surface area is 398 Å². The molecule has 6 aromatic heterocycles. The van der Waals surface area contributed by atoms with Crippen LogP contribution in [0.4, 0.5) is 5.82 Å². The maximum atomic E-state index is 12.8. The Morgan fingerprint density at radius 3 is 1.67 bits per heavy atom. The van der Waals surface area contributed by atoms with Crippen LogP contribution in [0.1, 0.15) is 60.8 Å². The second kappa shape index (κ2) is 21.3. The molecule has 2 amide bonds. The van der Waals surface area contributed by atoms with Crippen molar-refractivity contribution in [2.45, 2.75) is 18.9 Å². The summed E-state index contributed by atoms with van der Waals surface area (Å²) >= 11 is 6.27. The Bertz CT molecular complexity index is 3170. The van der Waals surface area contributed by atoms with Crippen molar-refractivity contribution in [3.8, 4) is 21.1 Å². The lowest BCUT2D eigenvalue weighted by molar-refractivity contribution is 0.0924. The molecule has 0 spiro atoms. The van der Waals surface area contributed by atoms with Gasteiger partial charge in [-0.25, -0.2) is 29.2 Å². The van der Waals surface area contributed by atoms with Gasteiger partial charge in [0, 0.05) is 47.0 Å². The third-order valence-corrected chi connectivity index (χ3v) is 11.9. The highest BCUT2D eigenvalue weighted by atomic mass is 79.9. The molecule has 67 heavy (non-hydrogen) atoms. The van der Waals surface area contributed by atoms with Gasteiger partial charge in [0.05, 0.1) is 22.5 Å². The van der Waals surface area contributed by atoms with Crippen molar-refractivity contribution >= 4 is 67.7 Å². The number of aryl methyl sites for hydroxylation is 3. The van der Waals surface area contributed by atoms with E-state index in [9.17, 15) is 14.8 Å². The number of anilines is 1. The summed E-state index contributed by atoms with van der Waals surface area (Å²) < 4.78 is 2.90. The van der Waals surface area contributed by atoms with Gasteiger partial charge in [0.1, 0.15) is 27.2 Å². The number of pyridine rings is 2. The Morgan fingerprint density at radius 2 is 1.16 bits per heavy atom. The number of thiazole rings is 2. The van der Waals surface area contributed by atoms with Crippen LogP contribution < -0.4 is 4.90 Å². The molecular formula is C45H36BrN15O4S2. The third kappa shape index (κ3) is 10.6. The fourth-order valence-corrected chi connectivity index (χ4v) is 8.30. The number of hydrogen-bond acceptors (Lipinski definition) is 18. The van der Waals surface area contributed by atoms with Gasteiger partial charge in [-0.3, -0.25) is 14.6 Å². The van der Waals surface area contributed by atoms with Crippen LogP contribution in [0.2, 0.25) is 0 Å². The lowest BCUT2D eigenvalue weighted by Gasteiger charge is -2.13. The first-order valence-corrected chi connectivity index (χ1v) is 22.9. The highest BCUT2D eigenvalue weighted by molar-refractivity contribution is 9.08. The molecule has 0 atom stereocenters. The Balaban J connectivity index is 0.000000173. The third-order valence-electron chi connectivity index (χ3n) is 9.57. The summed E-state index contributed by atoms with van der Waals surface area (Å²) in [4.78, 5) is 50.3. The van der Waals surface area contributed by atoms with Crippen LogP contribution in [0, 0.1) is 6.92 Å². The van der Waals surface area contributed by atoms with E-state index in [4.69, 9.17) is 9.82 Å². The van der Waals surface area contributed by atoms with Crippen molar-refractivity contribution in [2.75, 3.05) is 4.90 Å². The zero-order valence-corrected chi connectivity index (χ0v) is 38.9. The minimum atomic E-state index is -0.413. The zero-order chi connectivity index (χ0) is 46.7. The normalized spacial score (nSPS) is 12.3. The summed E-state index contributed by atoms with van der Waals surface area (Å²) in [5, 5.41) is 45.7. The molecule has 3 aromatic carbocycles. The van der Waals surface area contributed by atoms with Crippen molar-refractivity contribution in [3.63, 3.8) is 0 Å². The summed E-state index contributed by atoms with van der Waals surface area (Å²) in [6.07, 6.45) is 0. The number of tetrazole rings is 2. The van der Waals surface area contributed by atoms with E-state index in [-0.39, 0.29) is 18.1 Å². The lowest BCUT2D eigenvalue weighted by Crippen LogP contribution is -2.30. The lowest BCUT2D eigenvalue weighted by atomic mass is 10.1. The topological polar surface area (TPSA) is 230 Å². The quantitative estimate of drug-likeness (QED) is 0.0439. The standard InChI is InChI=1S/C26H18N8O3S.C12H10N6OS.C7H8BrN/c1-33-23(29-31-32-33)22(20-15-38-24(28-20)16-8-3-2-4-9-16)30-37-14-17-10-7-13-21(27-17)34-25(35)18-11-5-6-12-19(18)26(34)36;1-18-11(14-16-17-18)10(15-19)9-7-20-12(13-9)8-5-3-2-4-6-8;1-6-3-2-4-7(5-8)9-6/h2-13,15H,14H2,1H3;2-7,19H,1H3;2-4H,5H2,1H3/b30-22+;15-10+;. The first kappa shape index (κ1) is 45.5. The summed E-state index contributed by atoms with van der Waals surface area (Å²) in [7, 11) is 3.37. The number of hydrogen-bond donors (Lipinski definition) is 1. The van der Waals surface area contributed by atoms with Gasteiger partial charge in [-0.1, -0.05) is 111 Å². The van der Waals surface area contributed by atoms with Gasteiger partial charge < -0.3 is 10.0 Å². The number of benzene rings is 3. The van der Waals surface area contributed by atoms with Crippen LogP contribution in [0.5, 0.6) is 0 Å². The number of carbonyl (C=O) groups is 2. The highest BCUT2D eigenvalue weighted by Crippen LogP contribution is 2.28. The number of carbonyl (C=O) groups excluding carboxylic acids is 2. The molecule has 0 radical (unpaired) electrons. The van der Waals surface area contributed by atoms with Crippen molar-refractivity contribution in [3.05, 3.63) is 183 Å². The first-order valence-electron chi connectivity index (χ1n) is 20.0. The summed E-state index contributed by atoms with van der Waals surface area (Å²) in [6, 6.07) is 37.3. The maximum Gasteiger partial charge on any atom is 0.267 e. The van der Waals surface area contributed by atoms with Gasteiger partial charge in [-0.2, -0.15) is 0 Å². The molecule has 19 nitrogen and oxygen atoms in total. The average Bonchev–Trinajstić information content (AvgIpc) is 4.24. The number of rotatable bonds is 11. The molecule has 334 valence electrons. The molecule has 1 N–H and O–H groups in total. The Hall–Kier alpha value is -8.08. The molecule has 0 unspecified atom stereocenters. The van der Waals surface area contributed by atoms with E-state index in [0.29, 0.717) is 45.6 Å². The van der Waals surface area contributed by atoms with Crippen LogP contribution in [0.25, 0.3) is 21.1 Å². The summed E-state index contributed by atoms with van der Waals surface area (Å²) in [6.45, 7) is 1.97. The minimum Gasteiger partial charge on any atom is -0.410 e. The molecule has 9 aromatic rings. The number of oxime groups is 2. The van der Waals surface area contributed by atoms with Gasteiger partial charge in [0.15, 0.2) is 18.0 Å². The van der Waals surface area contributed by atoms with Gasteiger partial charge in [-0.05, 0) is 64.2 Å². The maximum absolute atomic E-state index is 12.8. The molecule has 22 heteroatoms. The fraction of sp³-hybridized carbons (Fsp3) is 0.111. The second-order valence-corrected chi connectivity index (χ2v) is 16.4. The van der Waals surface area contributed by atoms with Crippen LogP contribution in [-0.4, -0.2) is 88.8 Å². The van der Waals surface area contributed by atoms with Crippen molar-refractivity contribution in [2.24, 2.45) is 24.4 Å². The monoisotopic (exact) mass is 993 g/mol. The molecule has 0 fully saturated rings. The molecular weight excluding hydrogens is 959 g/mol. The number of halogens is 1. The van der Waals surface area contributed by atoms with E-state index < -0.39 is 11.8 Å². The van der Waals surface area contributed by atoms with Crippen LogP contribution in [0.15, 0.2) is 142 Å². The van der Waals surface area contributed by atoms with Crippen molar-refractivity contribution in [1.82, 2.24) is 60.4 Å². The van der Waals surface area contributed by atoms with Crippen molar-refractivity contribution in [1.29, 1.82) is 0 Å². The van der Waals surface area contributed by atoms with Crippen LogP contribution in [-0.2, 0) is 30.9 Å². The number of imide groups is 1. The van der Waals surface area contributed by atoms with Crippen LogP contribution >= 0.6 is 38.6 Å². The summed E-state index contributed by atoms with van der Waals surface area (Å²) in [5.74, 6) is 0.124. The molecule has 1 aliphatic rings. The van der Waals surface area contributed by atoms with Gasteiger partial charge in [0.2, 0.25) is 11.6 Å². The summed E-state index contributed by atoms with van der Waals surface area (Å²) in [5.41, 5.74) is 7.03. The smallest absolute Gasteiger partial charge is 0.267 e. The average molecular weight is 995 g/mol. The van der Waals surface area contributed by atoms with E-state index in [1.807, 2.05) is 96.5 Å². The predicted octanol–water partition coefficient (Wildman–Crippen LogP) is 7.34. The Morgan fingerprint density at radius 1 is 0.642 bits per heavy atom. The molecule has 1 aliphatic heterocycles. The number of fused-ring (bicyclic) bond motifs is 1. The van der Waals surface area contributed by atoms with E-state index in [2.05, 4.69) is 72.2 Å². The number of amides is 2. The van der Waals surface area contributed by atoms with Crippen molar-refractivity contribution < 1.29 is 19.6 Å². The molecule has 0 bridgehead atoms. The molecule has 0 aliphatic carbocycles. The molecule has 7 heterocycles. The zero-order valence-electron chi connectivity index (χ0n) is 35.7. The number of alkyl halides is 1. The van der Waals surface area contributed by atoms with E-state index in [1.54, 1.807) is 56.6 Å². The van der Waals surface area contributed by atoms with Gasteiger partial charge >= 0.3 is 0 Å². The number of nitrogens with zero attached hydrogens (tertiary/aromatic N) is 15. The van der Waals surface area contributed by atoms with E-state index in [0.717, 1.165) is 42.8 Å². The highest BCUT2D eigenvalue weighted by Gasteiger charge is 2.37. The predicted molar refractivity (Wildman–Crippen MR) is 254 cm³/mol. The molecule has 0 saturated carbocycles. The van der Waals surface area contributed by atoms with Gasteiger partial charge in [0.25, 0.3) is 11.8 Å². The largest absolute Gasteiger partial charge is 0.410 e. The van der Waals surface area contributed by atoms with E-state index in [1.165, 1.54) is 32.0 Å². The first-order chi connectivity index (χ1) is 32.7. The molecule has 0 saturated heterocycles. The fourth-order valence-electron chi connectivity index (χ4n) is 6.37. The van der Waals surface area contributed by atoms with E-state index >= 15 is 0 Å². The molecule has 10 rings (SSSR count). The SMILES string of the molecule is Cc1cccc(CBr)n1.Cn1nnnc1/C(=N/O)c1csc(-c2ccccc2)n1.Cn1nnnc1/C(=N/OCc1cccc(N2C(=O)c3ccccc3C2=O)n1)c1csc(-c2ccccc2)n1. The number of aromatic nitrogens is 12. The Kier molecular flexibility index (Phi) is 14.4. The van der Waals surface area contributed by atoms with Gasteiger partial charge in [-0.15, -0.1) is 32.9 Å². The minimum absolute atomic E-state index is 0.0263.